The normalized spacial score (nSPS) is 23.8. The highest BCUT2D eigenvalue weighted by Gasteiger charge is 2.62. The topological polar surface area (TPSA) is 137 Å². The van der Waals surface area contributed by atoms with Crippen LogP contribution in [0.3, 0.4) is 0 Å². The molecule has 1 unspecified atom stereocenters. The van der Waals surface area contributed by atoms with Gasteiger partial charge in [-0.2, -0.15) is 10.2 Å². The molecule has 3 aliphatic rings. The Kier molecular flexibility index (Phi) is 6.25. The fourth-order valence-corrected chi connectivity index (χ4v) is 6.07. The molecule has 2 N–H and O–H groups in total. The molecule has 2 saturated heterocycles. The number of hydrogen-bond donors (Lipinski definition) is 2. The predicted molar refractivity (Wildman–Crippen MR) is 138 cm³/mol. The summed E-state index contributed by atoms with van der Waals surface area (Å²) < 4.78 is 0. The number of likely N-dealkylation sites (tertiary alicyclic amines) is 2. The lowest BCUT2D eigenvalue weighted by Crippen LogP contribution is -2.64. The number of amides is 4. The van der Waals surface area contributed by atoms with Gasteiger partial charge in [-0.15, -0.1) is 11.3 Å². The molecule has 0 radical (unpaired) electrons. The van der Waals surface area contributed by atoms with Crippen LogP contribution >= 0.6 is 11.3 Å². The van der Waals surface area contributed by atoms with Gasteiger partial charge in [-0.25, -0.2) is 0 Å². The first-order valence-electron chi connectivity index (χ1n) is 12.3. The van der Waals surface area contributed by atoms with Gasteiger partial charge in [0.25, 0.3) is 5.91 Å². The summed E-state index contributed by atoms with van der Waals surface area (Å²) >= 11 is 1.25. The molecule has 1 saturated carbocycles. The SMILES string of the molecule is CNC(=O)C(NC(=O)[C@@H]1CN(C(=O)c2cncs2)CC12CN(C(=O)[C@H]1CC1(C)C)C2)c1ccc(C)nn1.[HH].[HH]. The van der Waals surface area contributed by atoms with E-state index in [1.165, 1.54) is 24.6 Å². The number of nitrogens with zero attached hydrogens (tertiary/aromatic N) is 5. The minimum Gasteiger partial charge on any atom is -0.357 e. The Morgan fingerprint density at radius 1 is 1.11 bits per heavy atom. The van der Waals surface area contributed by atoms with E-state index in [0.717, 1.165) is 6.42 Å². The van der Waals surface area contributed by atoms with Crippen LogP contribution in [-0.2, 0) is 14.4 Å². The second-order valence-corrected chi connectivity index (χ2v) is 11.9. The van der Waals surface area contributed by atoms with E-state index in [1.54, 1.807) is 29.5 Å². The molecule has 1 spiro atoms. The number of carbonyl (C=O) groups excluding carboxylic acids is 4. The molecule has 4 heterocycles. The van der Waals surface area contributed by atoms with Gasteiger partial charge < -0.3 is 20.4 Å². The van der Waals surface area contributed by atoms with E-state index in [4.69, 9.17) is 0 Å². The summed E-state index contributed by atoms with van der Waals surface area (Å²) in [5.41, 5.74) is 2.04. The van der Waals surface area contributed by atoms with Gasteiger partial charge in [-0.05, 0) is 30.9 Å². The first kappa shape index (κ1) is 25.2. The van der Waals surface area contributed by atoms with Crippen molar-refractivity contribution in [2.45, 2.75) is 33.2 Å². The lowest BCUT2D eigenvalue weighted by Gasteiger charge is -2.50. The second-order valence-electron chi connectivity index (χ2n) is 11.1. The summed E-state index contributed by atoms with van der Waals surface area (Å²) in [6.07, 6.45) is 2.39. The van der Waals surface area contributed by atoms with Gasteiger partial charge in [0.1, 0.15) is 4.88 Å². The van der Waals surface area contributed by atoms with Gasteiger partial charge in [0, 0.05) is 47.4 Å². The van der Waals surface area contributed by atoms with Crippen LogP contribution in [0.2, 0.25) is 0 Å². The fraction of sp³-hybridized carbons (Fsp3) is 0.560. The zero-order chi connectivity index (χ0) is 26.5. The van der Waals surface area contributed by atoms with Gasteiger partial charge in [0.15, 0.2) is 6.04 Å². The summed E-state index contributed by atoms with van der Waals surface area (Å²) in [6, 6.07) is 2.36. The van der Waals surface area contributed by atoms with Crippen LogP contribution in [0.1, 0.15) is 50.2 Å². The minimum absolute atomic E-state index is 0. The van der Waals surface area contributed by atoms with Gasteiger partial charge in [0.2, 0.25) is 17.7 Å². The summed E-state index contributed by atoms with van der Waals surface area (Å²) in [5, 5.41) is 13.5. The van der Waals surface area contributed by atoms with Crippen LogP contribution in [0.15, 0.2) is 23.8 Å². The molecule has 3 atom stereocenters. The molecule has 200 valence electrons. The van der Waals surface area contributed by atoms with Gasteiger partial charge in [-0.1, -0.05) is 13.8 Å². The van der Waals surface area contributed by atoms with Gasteiger partial charge in [-0.3, -0.25) is 24.2 Å². The molecule has 11 nitrogen and oxygen atoms in total. The maximum Gasteiger partial charge on any atom is 0.265 e. The first-order valence-corrected chi connectivity index (χ1v) is 13.2. The second kappa shape index (κ2) is 9.16. The van der Waals surface area contributed by atoms with Crippen molar-refractivity contribution in [3.63, 3.8) is 0 Å². The predicted octanol–water partition coefficient (Wildman–Crippen LogP) is 1.28. The Labute approximate surface area is 222 Å². The number of nitrogens with one attached hydrogen (secondary N) is 2. The smallest absolute Gasteiger partial charge is 0.265 e. The molecule has 2 aromatic rings. The van der Waals surface area contributed by atoms with E-state index in [0.29, 0.717) is 35.9 Å². The molecule has 5 rings (SSSR count). The molecule has 2 aromatic heterocycles. The molecule has 4 amide bonds. The van der Waals surface area contributed by atoms with E-state index in [2.05, 4.69) is 39.7 Å². The summed E-state index contributed by atoms with van der Waals surface area (Å²) in [5.74, 6) is -1.43. The average molecular weight is 530 g/mol. The first-order chi connectivity index (χ1) is 17.5. The molecule has 2 aliphatic heterocycles. The summed E-state index contributed by atoms with van der Waals surface area (Å²) in [6.45, 7) is 7.30. The highest BCUT2D eigenvalue weighted by Crippen LogP contribution is 2.54. The number of thiazole rings is 1. The number of likely N-dealkylation sites (N-methyl/N-ethyl adjacent to an activating group) is 1. The molecule has 0 bridgehead atoms. The van der Waals surface area contributed by atoms with Crippen molar-refractivity contribution >= 4 is 35.0 Å². The van der Waals surface area contributed by atoms with Crippen molar-refractivity contribution in [2.24, 2.45) is 22.7 Å². The highest BCUT2D eigenvalue weighted by molar-refractivity contribution is 7.11. The molecular formula is C25H35N7O4S. The molecule has 1 aliphatic carbocycles. The zero-order valence-corrected chi connectivity index (χ0v) is 22.2. The Hall–Kier alpha value is -3.41. The van der Waals surface area contributed by atoms with Gasteiger partial charge >= 0.3 is 0 Å². The number of carbonyl (C=O) groups is 4. The van der Waals surface area contributed by atoms with Crippen LogP contribution in [-0.4, -0.2) is 81.8 Å². The third-order valence-corrected chi connectivity index (χ3v) is 8.70. The lowest BCUT2D eigenvalue weighted by atomic mass is 9.70. The third kappa shape index (κ3) is 4.58. The van der Waals surface area contributed by atoms with Crippen LogP contribution in [0, 0.1) is 29.6 Å². The van der Waals surface area contributed by atoms with Crippen molar-refractivity contribution < 1.29 is 22.0 Å². The van der Waals surface area contributed by atoms with E-state index < -0.39 is 23.3 Å². The van der Waals surface area contributed by atoms with Crippen LogP contribution in [0.4, 0.5) is 0 Å². The molecule has 37 heavy (non-hydrogen) atoms. The van der Waals surface area contributed by atoms with Crippen LogP contribution < -0.4 is 10.6 Å². The van der Waals surface area contributed by atoms with E-state index in [1.807, 2.05) is 4.90 Å². The van der Waals surface area contributed by atoms with Gasteiger partial charge in [0.05, 0.1) is 29.0 Å². The number of aryl methyl sites for hydroxylation is 1. The molecule has 12 heteroatoms. The highest BCUT2D eigenvalue weighted by atomic mass is 32.1. The van der Waals surface area contributed by atoms with Crippen molar-refractivity contribution in [3.05, 3.63) is 40.1 Å². The van der Waals surface area contributed by atoms with E-state index in [-0.39, 0.29) is 38.5 Å². The maximum absolute atomic E-state index is 13.7. The molecule has 3 fully saturated rings. The minimum atomic E-state index is -1.03. The van der Waals surface area contributed by atoms with Crippen molar-refractivity contribution in [2.75, 3.05) is 33.2 Å². The Morgan fingerprint density at radius 2 is 1.81 bits per heavy atom. The van der Waals surface area contributed by atoms with Crippen molar-refractivity contribution in [3.8, 4) is 0 Å². The third-order valence-electron chi connectivity index (χ3n) is 7.94. The Balaban J connectivity index is 0.00000210. The van der Waals surface area contributed by atoms with Crippen molar-refractivity contribution in [1.82, 2.24) is 35.6 Å². The number of hydrogen-bond acceptors (Lipinski definition) is 8. The number of aromatic nitrogens is 3. The molecule has 0 aromatic carbocycles. The monoisotopic (exact) mass is 529 g/mol. The Bertz CT molecular complexity index is 1240. The van der Waals surface area contributed by atoms with Crippen LogP contribution in [0.25, 0.3) is 0 Å². The summed E-state index contributed by atoms with van der Waals surface area (Å²) in [4.78, 5) is 60.5. The fourth-order valence-electron chi connectivity index (χ4n) is 5.49. The maximum atomic E-state index is 13.7. The Morgan fingerprint density at radius 3 is 2.38 bits per heavy atom. The van der Waals surface area contributed by atoms with Crippen LogP contribution in [0.5, 0.6) is 0 Å². The van der Waals surface area contributed by atoms with E-state index in [9.17, 15) is 19.2 Å². The average Bonchev–Trinajstić information content (AvgIpc) is 3.24. The van der Waals surface area contributed by atoms with E-state index >= 15 is 0 Å². The zero-order valence-electron chi connectivity index (χ0n) is 21.4. The molecular weight excluding hydrogens is 494 g/mol. The standard InChI is InChI=1S/C25H31N7O4S.2H2/c1-14-5-6-17(30-29-14)19(21(34)26-4)28-20(33)16-9-31(23(36)18-8-27-13-37-18)10-25(16)11-32(12-25)22(35)15-7-24(15,2)3;;/h5-6,8,13,15-16,19H,7,9-12H2,1-4H3,(H,26,34)(H,28,33);2*1H/t15-,16+,19?;;/m1../s1. The summed E-state index contributed by atoms with van der Waals surface area (Å²) in [7, 11) is 1.49. The quantitative estimate of drug-likeness (QED) is 0.575. The largest absolute Gasteiger partial charge is 0.357 e. The number of rotatable bonds is 6. The van der Waals surface area contributed by atoms with Crippen molar-refractivity contribution in [1.29, 1.82) is 0 Å². The lowest BCUT2D eigenvalue weighted by molar-refractivity contribution is -0.151.